The van der Waals surface area contributed by atoms with Crippen LogP contribution in [0.25, 0.3) is 10.8 Å². The van der Waals surface area contributed by atoms with Gasteiger partial charge in [0, 0.05) is 0 Å². The van der Waals surface area contributed by atoms with Crippen LogP contribution in [0, 0.1) is 11.3 Å². The average molecular weight is 562 g/mol. The van der Waals surface area contributed by atoms with E-state index in [1.165, 1.54) is 0 Å². The van der Waals surface area contributed by atoms with E-state index in [1.807, 2.05) is 48.5 Å². The molecule has 0 spiro atoms. The third kappa shape index (κ3) is 8.98. The van der Waals surface area contributed by atoms with Crippen LogP contribution >= 0.6 is 0 Å². The number of esters is 2. The molecule has 1 amide bonds. The number of carbonyl (C=O) groups is 4. The molecule has 0 heterocycles. The van der Waals surface area contributed by atoms with Gasteiger partial charge in [0.05, 0.1) is 5.92 Å². The third-order valence-electron chi connectivity index (χ3n) is 6.46. The Hall–Kier alpha value is -4.04. The summed E-state index contributed by atoms with van der Waals surface area (Å²) < 4.78 is 10.6. The summed E-state index contributed by atoms with van der Waals surface area (Å²) in [6, 6.07) is 20.9. The number of benzene rings is 3. The fourth-order valence-corrected chi connectivity index (χ4v) is 4.33. The van der Waals surface area contributed by atoms with Gasteiger partial charge in [0.1, 0.15) is 18.2 Å². The highest BCUT2D eigenvalue weighted by atomic mass is 16.6. The number of ether oxygens (including phenoxy) is 2. The maximum Gasteiger partial charge on any atom is 0.377 e. The van der Waals surface area contributed by atoms with E-state index in [9.17, 15) is 24.3 Å². The summed E-state index contributed by atoms with van der Waals surface area (Å²) >= 11 is 0. The molecule has 0 aliphatic carbocycles. The number of fused-ring (bicyclic) bond motifs is 1. The van der Waals surface area contributed by atoms with Crippen molar-refractivity contribution < 1.29 is 33.8 Å². The summed E-state index contributed by atoms with van der Waals surface area (Å²) in [5.41, 5.74) is -0.370. The lowest BCUT2D eigenvalue weighted by Gasteiger charge is -2.32. The molecular weight excluding hydrogens is 522 g/mol. The van der Waals surface area contributed by atoms with E-state index in [0.717, 1.165) is 10.8 Å². The van der Waals surface area contributed by atoms with Gasteiger partial charge in [-0.25, -0.2) is 9.59 Å². The number of hydrogen-bond acceptors (Lipinski definition) is 7. The smallest absolute Gasteiger partial charge is 0.377 e. The Labute approximate surface area is 241 Å². The van der Waals surface area contributed by atoms with E-state index >= 15 is 0 Å². The lowest BCUT2D eigenvalue weighted by atomic mass is 9.83. The summed E-state index contributed by atoms with van der Waals surface area (Å²) in [6.07, 6.45) is -1.83. The van der Waals surface area contributed by atoms with Crippen LogP contribution < -0.4 is 5.32 Å². The molecule has 0 aliphatic heterocycles. The first kappa shape index (κ1) is 31.5. The summed E-state index contributed by atoms with van der Waals surface area (Å²) in [5, 5.41) is 15.6. The maximum atomic E-state index is 13.7. The van der Waals surface area contributed by atoms with Crippen molar-refractivity contribution in [3.63, 3.8) is 0 Å². The van der Waals surface area contributed by atoms with E-state index in [0.29, 0.717) is 11.1 Å². The average Bonchev–Trinajstić information content (AvgIpc) is 2.91. The second-order valence-corrected chi connectivity index (χ2v) is 12.2. The molecule has 0 saturated heterocycles. The monoisotopic (exact) mass is 561 g/mol. The standard InChI is InChI=1S/C33H39NO7/c1-32(2,3)28(27(36)30(38)40-20-21-12-8-7-9-13-21)34-29(37)25(26(35)31(39)41-33(4,5)6)19-22-16-17-23-14-10-11-15-24(23)18-22/h7-18,25-26,28,35H,19-20H2,1-6H3,(H,34,37)/t25-,26+,28-/m1/s1. The van der Waals surface area contributed by atoms with Gasteiger partial charge in [0.15, 0.2) is 6.10 Å². The Kier molecular flexibility index (Phi) is 10.0. The molecule has 2 N–H and O–H groups in total. The zero-order valence-electron chi connectivity index (χ0n) is 24.5. The number of carbonyl (C=O) groups excluding carboxylic acids is 4. The zero-order chi connectivity index (χ0) is 30.4. The molecule has 8 heteroatoms. The second kappa shape index (κ2) is 13.1. The van der Waals surface area contributed by atoms with E-state index in [-0.39, 0.29) is 13.0 Å². The lowest BCUT2D eigenvalue weighted by molar-refractivity contribution is -0.170. The van der Waals surface area contributed by atoms with Gasteiger partial charge in [0.25, 0.3) is 5.78 Å². The molecule has 8 nitrogen and oxygen atoms in total. The summed E-state index contributed by atoms with van der Waals surface area (Å²) in [5.74, 6) is -5.05. The van der Waals surface area contributed by atoms with Crippen LogP contribution in [0.1, 0.15) is 52.7 Å². The number of hydrogen-bond donors (Lipinski definition) is 2. The Morgan fingerprint density at radius 2 is 1.41 bits per heavy atom. The Morgan fingerprint density at radius 1 is 0.805 bits per heavy atom. The van der Waals surface area contributed by atoms with Crippen LogP contribution in [-0.4, -0.2) is 46.5 Å². The van der Waals surface area contributed by atoms with Crippen molar-refractivity contribution in [1.82, 2.24) is 5.32 Å². The summed E-state index contributed by atoms with van der Waals surface area (Å²) in [7, 11) is 0. The summed E-state index contributed by atoms with van der Waals surface area (Å²) in [6.45, 7) is 9.97. The second-order valence-electron chi connectivity index (χ2n) is 12.2. The highest BCUT2D eigenvalue weighted by Gasteiger charge is 2.41. The van der Waals surface area contributed by atoms with Gasteiger partial charge in [-0.3, -0.25) is 9.59 Å². The molecule has 41 heavy (non-hydrogen) atoms. The number of rotatable bonds is 10. The summed E-state index contributed by atoms with van der Waals surface area (Å²) in [4.78, 5) is 52.5. The van der Waals surface area contributed by atoms with Gasteiger partial charge in [-0.15, -0.1) is 0 Å². The minimum atomic E-state index is -1.82. The van der Waals surface area contributed by atoms with Gasteiger partial charge >= 0.3 is 11.9 Å². The maximum absolute atomic E-state index is 13.7. The first-order valence-corrected chi connectivity index (χ1v) is 13.6. The van der Waals surface area contributed by atoms with Gasteiger partial charge < -0.3 is 19.9 Å². The lowest BCUT2D eigenvalue weighted by Crippen LogP contribution is -2.55. The van der Waals surface area contributed by atoms with Gasteiger partial charge in [-0.05, 0) is 54.5 Å². The minimum absolute atomic E-state index is 0.0133. The van der Waals surface area contributed by atoms with Crippen LogP contribution in [0.3, 0.4) is 0 Å². The van der Waals surface area contributed by atoms with Crippen LogP contribution in [0.15, 0.2) is 72.8 Å². The topological polar surface area (TPSA) is 119 Å². The number of aliphatic hydroxyl groups excluding tert-OH is 1. The fourth-order valence-electron chi connectivity index (χ4n) is 4.33. The molecule has 0 bridgehead atoms. The highest BCUT2D eigenvalue weighted by Crippen LogP contribution is 2.25. The Balaban J connectivity index is 1.86. The number of amides is 1. The Bertz CT molecular complexity index is 1390. The van der Waals surface area contributed by atoms with Gasteiger partial charge in [-0.1, -0.05) is 93.6 Å². The van der Waals surface area contributed by atoms with Crippen molar-refractivity contribution in [2.24, 2.45) is 11.3 Å². The number of aliphatic hydroxyl groups is 1. The van der Waals surface area contributed by atoms with Crippen LogP contribution in [-0.2, 0) is 41.7 Å². The van der Waals surface area contributed by atoms with Gasteiger partial charge in [0.2, 0.25) is 5.91 Å². The first-order chi connectivity index (χ1) is 19.2. The number of Topliss-reactive ketones (excluding diaryl/α,β-unsaturated/α-hetero) is 1. The molecular formula is C33H39NO7. The molecule has 3 aromatic carbocycles. The van der Waals surface area contributed by atoms with Crippen molar-refractivity contribution in [2.75, 3.05) is 0 Å². The van der Waals surface area contributed by atoms with E-state index in [1.54, 1.807) is 65.8 Å². The van der Waals surface area contributed by atoms with Crippen LogP contribution in [0.2, 0.25) is 0 Å². The minimum Gasteiger partial charge on any atom is -0.458 e. The fraction of sp³-hybridized carbons (Fsp3) is 0.394. The number of ketones is 1. The van der Waals surface area contributed by atoms with Crippen molar-refractivity contribution in [1.29, 1.82) is 0 Å². The van der Waals surface area contributed by atoms with Crippen molar-refractivity contribution in [3.05, 3.63) is 83.9 Å². The van der Waals surface area contributed by atoms with E-state index in [4.69, 9.17) is 9.47 Å². The normalized spacial score (nSPS) is 14.0. The highest BCUT2D eigenvalue weighted by molar-refractivity contribution is 6.36. The molecule has 0 aromatic heterocycles. The zero-order valence-corrected chi connectivity index (χ0v) is 24.5. The van der Waals surface area contributed by atoms with Crippen molar-refractivity contribution >= 4 is 34.4 Å². The predicted octanol–water partition coefficient (Wildman–Crippen LogP) is 4.54. The van der Waals surface area contributed by atoms with Crippen LogP contribution in [0.4, 0.5) is 0 Å². The van der Waals surface area contributed by atoms with Gasteiger partial charge in [-0.2, -0.15) is 0 Å². The predicted molar refractivity (Wildman–Crippen MR) is 156 cm³/mol. The third-order valence-corrected chi connectivity index (χ3v) is 6.46. The van der Waals surface area contributed by atoms with E-state index < -0.39 is 52.7 Å². The molecule has 218 valence electrons. The molecule has 0 saturated carbocycles. The molecule has 0 fully saturated rings. The van der Waals surface area contributed by atoms with Crippen molar-refractivity contribution in [2.45, 2.75) is 72.3 Å². The van der Waals surface area contributed by atoms with Crippen LogP contribution in [0.5, 0.6) is 0 Å². The van der Waals surface area contributed by atoms with E-state index in [2.05, 4.69) is 5.32 Å². The molecule has 3 rings (SSSR count). The molecule has 0 radical (unpaired) electrons. The molecule has 0 aliphatic rings. The quantitative estimate of drug-likeness (QED) is 0.275. The van der Waals surface area contributed by atoms with Crippen molar-refractivity contribution in [3.8, 4) is 0 Å². The Morgan fingerprint density at radius 3 is 2.02 bits per heavy atom. The first-order valence-electron chi connectivity index (χ1n) is 13.6. The molecule has 3 atom stereocenters. The number of nitrogens with one attached hydrogen (secondary N) is 1. The molecule has 3 aromatic rings. The SMILES string of the molecule is CC(C)(C)OC(=O)[C@@H](O)[C@@H](Cc1ccc2ccccc2c1)C(=O)N[C@H](C(=O)C(=O)OCc1ccccc1)C(C)(C)C. The largest absolute Gasteiger partial charge is 0.458 e. The molecule has 0 unspecified atom stereocenters.